The molecule has 0 saturated carbocycles. The average Bonchev–Trinajstić information content (AvgIpc) is 2.19. The summed E-state index contributed by atoms with van der Waals surface area (Å²) in [5.41, 5.74) is 1.33. The highest BCUT2D eigenvalue weighted by atomic mass is 79.9. The fourth-order valence-corrected chi connectivity index (χ4v) is 2.05. The van der Waals surface area contributed by atoms with E-state index >= 15 is 0 Å². The first kappa shape index (κ1) is 15.7. The Kier molecular flexibility index (Phi) is 5.11. The normalized spacial score (nSPS) is 11.0. The minimum absolute atomic E-state index is 0.174. The Morgan fingerprint density at radius 3 is 2.37 bits per heavy atom. The summed E-state index contributed by atoms with van der Waals surface area (Å²) in [5.74, 6) is -0.591. The molecular formula is C14H19BrN2O2. The first-order chi connectivity index (χ1) is 8.67. The highest BCUT2D eigenvalue weighted by Crippen LogP contribution is 2.20. The van der Waals surface area contributed by atoms with E-state index in [4.69, 9.17) is 0 Å². The maximum atomic E-state index is 11.8. The van der Waals surface area contributed by atoms with E-state index < -0.39 is 0 Å². The van der Waals surface area contributed by atoms with Gasteiger partial charge in [0, 0.05) is 15.7 Å². The Bertz CT molecular complexity index is 493. The zero-order valence-electron chi connectivity index (χ0n) is 11.6. The molecule has 0 spiro atoms. The number of amides is 2. The molecule has 1 aromatic carbocycles. The standard InChI is InChI=1S/C14H19BrN2O2/c1-9-7-10(15)5-6-11(9)16-12(18)8-13(19)17-14(2,3)4/h5-7H,8H2,1-4H3,(H,16,18)(H,17,19). The smallest absolute Gasteiger partial charge is 0.233 e. The van der Waals surface area contributed by atoms with Gasteiger partial charge < -0.3 is 10.6 Å². The third-order valence-electron chi connectivity index (χ3n) is 2.30. The molecule has 0 aliphatic rings. The molecule has 0 saturated heterocycles. The molecule has 0 aliphatic carbocycles. The van der Waals surface area contributed by atoms with Crippen LogP contribution >= 0.6 is 15.9 Å². The number of hydrogen-bond acceptors (Lipinski definition) is 2. The van der Waals surface area contributed by atoms with Gasteiger partial charge in [-0.3, -0.25) is 9.59 Å². The predicted molar refractivity (Wildman–Crippen MR) is 80.0 cm³/mol. The zero-order valence-corrected chi connectivity index (χ0v) is 13.2. The largest absolute Gasteiger partial charge is 0.351 e. The molecule has 2 amide bonds. The van der Waals surface area contributed by atoms with Crippen LogP contribution in [0.1, 0.15) is 32.8 Å². The maximum absolute atomic E-state index is 11.8. The first-order valence-corrected chi connectivity index (χ1v) is 6.84. The number of nitrogens with one attached hydrogen (secondary N) is 2. The van der Waals surface area contributed by atoms with Crippen molar-refractivity contribution in [1.82, 2.24) is 5.32 Å². The van der Waals surface area contributed by atoms with E-state index in [1.54, 1.807) is 6.07 Å². The third-order valence-corrected chi connectivity index (χ3v) is 2.79. The second-order valence-electron chi connectivity index (χ2n) is 5.48. The molecule has 19 heavy (non-hydrogen) atoms. The van der Waals surface area contributed by atoms with Gasteiger partial charge in [-0.1, -0.05) is 15.9 Å². The van der Waals surface area contributed by atoms with Gasteiger partial charge in [0.25, 0.3) is 0 Å². The number of anilines is 1. The number of benzene rings is 1. The van der Waals surface area contributed by atoms with E-state index in [-0.39, 0.29) is 23.8 Å². The van der Waals surface area contributed by atoms with E-state index in [2.05, 4.69) is 26.6 Å². The van der Waals surface area contributed by atoms with Gasteiger partial charge in [0.1, 0.15) is 6.42 Å². The summed E-state index contributed by atoms with van der Waals surface area (Å²) in [6.45, 7) is 7.53. The topological polar surface area (TPSA) is 58.2 Å². The molecule has 0 atom stereocenters. The predicted octanol–water partition coefficient (Wildman–Crippen LogP) is 3.00. The van der Waals surface area contributed by atoms with Crippen molar-refractivity contribution < 1.29 is 9.59 Å². The van der Waals surface area contributed by atoms with Gasteiger partial charge in [-0.05, 0) is 51.5 Å². The lowest BCUT2D eigenvalue weighted by atomic mass is 10.1. The molecule has 0 fully saturated rings. The Morgan fingerprint density at radius 2 is 1.84 bits per heavy atom. The lowest BCUT2D eigenvalue weighted by Crippen LogP contribution is -2.41. The van der Waals surface area contributed by atoms with E-state index in [0.29, 0.717) is 0 Å². The molecule has 0 aliphatic heterocycles. The number of carbonyl (C=O) groups excluding carboxylic acids is 2. The molecule has 5 heteroatoms. The molecule has 104 valence electrons. The SMILES string of the molecule is Cc1cc(Br)ccc1NC(=O)CC(=O)NC(C)(C)C. The van der Waals surface area contributed by atoms with Crippen molar-refractivity contribution in [2.24, 2.45) is 0 Å². The fourth-order valence-electron chi connectivity index (χ4n) is 1.57. The summed E-state index contributed by atoms with van der Waals surface area (Å²) in [6, 6.07) is 5.56. The van der Waals surface area contributed by atoms with E-state index in [0.717, 1.165) is 15.7 Å². The van der Waals surface area contributed by atoms with E-state index in [1.165, 1.54) is 0 Å². The van der Waals surface area contributed by atoms with Gasteiger partial charge in [0.15, 0.2) is 0 Å². The maximum Gasteiger partial charge on any atom is 0.233 e. The molecule has 0 heterocycles. The van der Waals surface area contributed by atoms with Crippen molar-refractivity contribution in [3.05, 3.63) is 28.2 Å². The van der Waals surface area contributed by atoms with Gasteiger partial charge in [-0.15, -0.1) is 0 Å². The monoisotopic (exact) mass is 326 g/mol. The van der Waals surface area contributed by atoms with Crippen LogP contribution in [0, 0.1) is 6.92 Å². The summed E-state index contributed by atoms with van der Waals surface area (Å²) >= 11 is 3.36. The van der Waals surface area contributed by atoms with Gasteiger partial charge in [-0.2, -0.15) is 0 Å². The molecular weight excluding hydrogens is 308 g/mol. The van der Waals surface area contributed by atoms with Crippen molar-refractivity contribution in [3.8, 4) is 0 Å². The molecule has 2 N–H and O–H groups in total. The van der Waals surface area contributed by atoms with Crippen LogP contribution in [-0.2, 0) is 9.59 Å². The Balaban J connectivity index is 2.58. The number of rotatable bonds is 3. The van der Waals surface area contributed by atoms with Crippen LogP contribution in [0.3, 0.4) is 0 Å². The summed E-state index contributed by atoms with van der Waals surface area (Å²) in [7, 11) is 0. The van der Waals surface area contributed by atoms with Crippen LogP contribution in [0.2, 0.25) is 0 Å². The van der Waals surface area contributed by atoms with Gasteiger partial charge in [0.05, 0.1) is 0 Å². The molecule has 4 nitrogen and oxygen atoms in total. The highest BCUT2D eigenvalue weighted by molar-refractivity contribution is 9.10. The molecule has 0 radical (unpaired) electrons. The van der Waals surface area contributed by atoms with Crippen LogP contribution in [0.5, 0.6) is 0 Å². The zero-order chi connectivity index (χ0) is 14.6. The van der Waals surface area contributed by atoms with Gasteiger partial charge in [-0.25, -0.2) is 0 Å². The van der Waals surface area contributed by atoms with Crippen LogP contribution in [0.25, 0.3) is 0 Å². The lowest BCUT2D eigenvalue weighted by Gasteiger charge is -2.20. The first-order valence-electron chi connectivity index (χ1n) is 6.04. The van der Waals surface area contributed by atoms with Crippen LogP contribution in [-0.4, -0.2) is 17.4 Å². The van der Waals surface area contributed by atoms with Crippen molar-refractivity contribution >= 4 is 33.4 Å². The van der Waals surface area contributed by atoms with Crippen molar-refractivity contribution in [2.45, 2.75) is 39.7 Å². The minimum Gasteiger partial charge on any atom is -0.351 e. The van der Waals surface area contributed by atoms with Gasteiger partial charge >= 0.3 is 0 Å². The van der Waals surface area contributed by atoms with Crippen molar-refractivity contribution in [1.29, 1.82) is 0 Å². The summed E-state index contributed by atoms with van der Waals surface area (Å²) < 4.78 is 0.952. The molecule has 1 aromatic rings. The van der Waals surface area contributed by atoms with Crippen molar-refractivity contribution in [3.63, 3.8) is 0 Å². The summed E-state index contributed by atoms with van der Waals surface area (Å²) in [4.78, 5) is 23.4. The minimum atomic E-state index is -0.328. The Hall–Kier alpha value is -1.36. The quantitative estimate of drug-likeness (QED) is 0.839. The number of carbonyl (C=O) groups is 2. The molecule has 0 unspecified atom stereocenters. The second kappa shape index (κ2) is 6.19. The third kappa shape index (κ3) is 5.87. The molecule has 1 rings (SSSR count). The van der Waals surface area contributed by atoms with Gasteiger partial charge in [0.2, 0.25) is 11.8 Å². The summed E-state index contributed by atoms with van der Waals surface area (Å²) in [5, 5.41) is 5.49. The second-order valence-corrected chi connectivity index (χ2v) is 6.40. The summed E-state index contributed by atoms with van der Waals surface area (Å²) in [6.07, 6.45) is -0.174. The molecule has 0 aromatic heterocycles. The number of hydrogen-bond donors (Lipinski definition) is 2. The van der Waals surface area contributed by atoms with E-state index in [1.807, 2.05) is 39.8 Å². The Morgan fingerprint density at radius 1 is 1.21 bits per heavy atom. The fraction of sp³-hybridized carbons (Fsp3) is 0.429. The lowest BCUT2D eigenvalue weighted by molar-refractivity contribution is -0.127. The Labute approximate surface area is 122 Å². The van der Waals surface area contributed by atoms with Crippen LogP contribution in [0.15, 0.2) is 22.7 Å². The molecule has 0 bridgehead atoms. The number of aryl methyl sites for hydroxylation is 1. The van der Waals surface area contributed by atoms with E-state index in [9.17, 15) is 9.59 Å². The van der Waals surface area contributed by atoms with Crippen LogP contribution in [0.4, 0.5) is 5.69 Å². The van der Waals surface area contributed by atoms with Crippen LogP contribution < -0.4 is 10.6 Å². The van der Waals surface area contributed by atoms with Crippen molar-refractivity contribution in [2.75, 3.05) is 5.32 Å². The number of halogens is 1. The average molecular weight is 327 g/mol. The highest BCUT2D eigenvalue weighted by Gasteiger charge is 2.16.